The number of carbonyl (C=O) groups is 1. The normalized spacial score (nSPS) is 19.0. The van der Waals surface area contributed by atoms with Gasteiger partial charge >= 0.3 is 5.97 Å². The molecule has 1 aliphatic heterocycles. The summed E-state index contributed by atoms with van der Waals surface area (Å²) in [6.45, 7) is 3.71. The minimum atomic E-state index is -0.820. The summed E-state index contributed by atoms with van der Waals surface area (Å²) in [4.78, 5) is 19.5. The molecule has 0 radical (unpaired) electrons. The first-order chi connectivity index (χ1) is 11.6. The number of aromatic nitrogens is 1. The zero-order valence-electron chi connectivity index (χ0n) is 13.6. The van der Waals surface area contributed by atoms with Crippen LogP contribution >= 0.6 is 11.3 Å². The van der Waals surface area contributed by atoms with Crippen molar-refractivity contribution < 1.29 is 19.1 Å². The van der Waals surface area contributed by atoms with Crippen molar-refractivity contribution in [2.45, 2.75) is 12.6 Å². The highest BCUT2D eigenvalue weighted by molar-refractivity contribution is 7.13. The first-order valence-electron chi connectivity index (χ1n) is 7.81. The van der Waals surface area contributed by atoms with Crippen LogP contribution in [0.4, 0.5) is 0 Å². The van der Waals surface area contributed by atoms with Crippen LogP contribution in [0.15, 0.2) is 28.4 Å². The minimum absolute atomic E-state index is 0.0232. The molecule has 2 aromatic heterocycles. The number of hydrogen-bond donors (Lipinski definition) is 1. The fourth-order valence-electron chi connectivity index (χ4n) is 2.81. The second-order valence-electron chi connectivity index (χ2n) is 5.97. The number of nitrogens with zero attached hydrogens (tertiary/aromatic N) is 3. The molecular weight excluding hydrogens is 330 g/mol. The smallest absolute Gasteiger partial charge is 0.317 e. The van der Waals surface area contributed by atoms with Gasteiger partial charge in [-0.2, -0.15) is 0 Å². The molecule has 1 saturated heterocycles. The summed E-state index contributed by atoms with van der Waals surface area (Å²) in [5.74, 6) is -0.820. The Morgan fingerprint density at radius 2 is 2.46 bits per heavy atom. The fraction of sp³-hybridized carbons (Fsp3) is 0.500. The highest BCUT2D eigenvalue weighted by atomic mass is 32.1. The van der Waals surface area contributed by atoms with Gasteiger partial charge in [0, 0.05) is 37.1 Å². The fourth-order valence-corrected chi connectivity index (χ4v) is 3.60. The molecule has 0 aromatic carbocycles. The average Bonchev–Trinajstić information content (AvgIpc) is 3.17. The molecule has 130 valence electrons. The summed E-state index contributed by atoms with van der Waals surface area (Å²) in [6, 6.07) is 1.91. The monoisotopic (exact) mass is 351 g/mol. The van der Waals surface area contributed by atoms with Gasteiger partial charge in [0.05, 0.1) is 31.2 Å². The summed E-state index contributed by atoms with van der Waals surface area (Å²) in [6.07, 6.45) is 3.37. The maximum Gasteiger partial charge on any atom is 0.317 e. The Kier molecular flexibility index (Phi) is 5.62. The molecule has 7 nitrogen and oxygen atoms in total. The van der Waals surface area contributed by atoms with Crippen molar-refractivity contribution in [3.8, 4) is 10.6 Å². The number of ether oxygens (including phenoxy) is 1. The number of thiazole rings is 1. The van der Waals surface area contributed by atoms with Gasteiger partial charge < -0.3 is 14.3 Å². The number of furan rings is 1. The van der Waals surface area contributed by atoms with Crippen molar-refractivity contribution in [2.75, 3.05) is 39.8 Å². The minimum Gasteiger partial charge on any atom is -0.480 e. The van der Waals surface area contributed by atoms with Gasteiger partial charge in [0.25, 0.3) is 0 Å². The van der Waals surface area contributed by atoms with Crippen molar-refractivity contribution >= 4 is 17.3 Å². The Bertz CT molecular complexity index is 658. The molecule has 0 spiro atoms. The van der Waals surface area contributed by atoms with Crippen LogP contribution in [0.5, 0.6) is 0 Å². The summed E-state index contributed by atoms with van der Waals surface area (Å²) < 4.78 is 10.9. The van der Waals surface area contributed by atoms with Crippen LogP contribution < -0.4 is 0 Å². The molecule has 1 unspecified atom stereocenters. The molecule has 1 fully saturated rings. The Morgan fingerprint density at radius 3 is 3.21 bits per heavy atom. The third-order valence-electron chi connectivity index (χ3n) is 3.85. The summed E-state index contributed by atoms with van der Waals surface area (Å²) in [5, 5.41) is 11.9. The van der Waals surface area contributed by atoms with E-state index in [0.29, 0.717) is 13.2 Å². The van der Waals surface area contributed by atoms with Crippen molar-refractivity contribution in [3.05, 3.63) is 29.7 Å². The van der Waals surface area contributed by atoms with Crippen LogP contribution in [-0.2, 0) is 16.1 Å². The van der Waals surface area contributed by atoms with Crippen molar-refractivity contribution in [1.29, 1.82) is 0 Å². The van der Waals surface area contributed by atoms with Gasteiger partial charge in [0.1, 0.15) is 11.3 Å². The molecule has 0 saturated carbocycles. The third kappa shape index (κ3) is 4.64. The van der Waals surface area contributed by atoms with E-state index < -0.39 is 5.97 Å². The number of carboxylic acid groups (broad SMARTS) is 1. The number of aliphatic carboxylic acids is 1. The highest BCUT2D eigenvalue weighted by Gasteiger charge is 2.23. The quantitative estimate of drug-likeness (QED) is 0.812. The summed E-state index contributed by atoms with van der Waals surface area (Å²) in [5.41, 5.74) is 2.04. The molecule has 8 heteroatoms. The van der Waals surface area contributed by atoms with Gasteiger partial charge in [-0.25, -0.2) is 4.98 Å². The molecular formula is C16H21N3O4S. The lowest BCUT2D eigenvalue weighted by Gasteiger charge is -2.34. The number of carboxylic acids is 1. The van der Waals surface area contributed by atoms with Crippen LogP contribution in [0.25, 0.3) is 10.6 Å². The van der Waals surface area contributed by atoms with E-state index in [4.69, 9.17) is 14.3 Å². The lowest BCUT2D eigenvalue weighted by molar-refractivity contribution is -0.138. The predicted molar refractivity (Wildman–Crippen MR) is 90.0 cm³/mol. The lowest BCUT2D eigenvalue weighted by atomic mass is 10.2. The molecule has 0 amide bonds. The standard InChI is InChI=1S/C16H21N3O4S/c1-18(9-15(20)21)7-14-8-19(3-5-23-14)6-13-11-24-16(17-13)12-2-4-22-10-12/h2,4,10-11,14H,3,5-9H2,1H3,(H,20,21). The molecule has 24 heavy (non-hydrogen) atoms. The summed E-state index contributed by atoms with van der Waals surface area (Å²) in [7, 11) is 1.80. The van der Waals surface area contributed by atoms with Crippen LogP contribution in [0.1, 0.15) is 5.69 Å². The van der Waals surface area contributed by atoms with E-state index >= 15 is 0 Å². The number of morpholine rings is 1. The van der Waals surface area contributed by atoms with Crippen LogP contribution in [0.3, 0.4) is 0 Å². The topological polar surface area (TPSA) is 79.0 Å². The van der Waals surface area contributed by atoms with Gasteiger partial charge in [0.2, 0.25) is 0 Å². The van der Waals surface area contributed by atoms with Gasteiger partial charge in [-0.3, -0.25) is 14.6 Å². The van der Waals surface area contributed by atoms with Gasteiger partial charge in [-0.05, 0) is 13.1 Å². The lowest BCUT2D eigenvalue weighted by Crippen LogP contribution is -2.47. The predicted octanol–water partition coefficient (Wildman–Crippen LogP) is 1.62. The van der Waals surface area contributed by atoms with Gasteiger partial charge in [0.15, 0.2) is 0 Å². The van der Waals surface area contributed by atoms with E-state index in [0.717, 1.165) is 35.9 Å². The largest absolute Gasteiger partial charge is 0.480 e. The second kappa shape index (κ2) is 7.89. The maximum atomic E-state index is 10.7. The molecule has 1 aliphatic rings. The highest BCUT2D eigenvalue weighted by Crippen LogP contribution is 2.24. The molecule has 1 atom stereocenters. The Hall–Kier alpha value is -1.74. The van der Waals surface area contributed by atoms with E-state index in [9.17, 15) is 4.79 Å². The van der Waals surface area contributed by atoms with E-state index in [1.807, 2.05) is 6.07 Å². The van der Waals surface area contributed by atoms with E-state index in [2.05, 4.69) is 15.3 Å². The second-order valence-corrected chi connectivity index (χ2v) is 6.83. The van der Waals surface area contributed by atoms with E-state index in [-0.39, 0.29) is 12.6 Å². The van der Waals surface area contributed by atoms with Crippen molar-refractivity contribution in [1.82, 2.24) is 14.8 Å². The van der Waals surface area contributed by atoms with Crippen LogP contribution in [0, 0.1) is 0 Å². The number of hydrogen-bond acceptors (Lipinski definition) is 7. The van der Waals surface area contributed by atoms with Crippen LogP contribution in [-0.4, -0.2) is 71.8 Å². The molecule has 0 aliphatic carbocycles. The summed E-state index contributed by atoms with van der Waals surface area (Å²) >= 11 is 1.61. The zero-order valence-corrected chi connectivity index (χ0v) is 14.4. The van der Waals surface area contributed by atoms with Crippen molar-refractivity contribution in [3.63, 3.8) is 0 Å². The third-order valence-corrected chi connectivity index (χ3v) is 4.79. The average molecular weight is 351 g/mol. The first kappa shape index (κ1) is 17.1. The van der Waals surface area contributed by atoms with Gasteiger partial charge in [-0.1, -0.05) is 0 Å². The Labute approximate surface area is 144 Å². The zero-order chi connectivity index (χ0) is 16.9. The number of likely N-dealkylation sites (N-methyl/N-ethyl adjacent to an activating group) is 1. The molecule has 2 aromatic rings. The number of rotatable bonds is 7. The van der Waals surface area contributed by atoms with E-state index in [1.54, 1.807) is 35.8 Å². The SMILES string of the molecule is CN(CC(=O)O)CC1CN(Cc2csc(-c3ccoc3)n2)CCO1. The molecule has 3 heterocycles. The van der Waals surface area contributed by atoms with Crippen LogP contribution in [0.2, 0.25) is 0 Å². The maximum absolute atomic E-state index is 10.7. The van der Waals surface area contributed by atoms with Crippen molar-refractivity contribution in [2.24, 2.45) is 0 Å². The molecule has 0 bridgehead atoms. The first-order valence-corrected chi connectivity index (χ1v) is 8.69. The Balaban J connectivity index is 1.53. The van der Waals surface area contributed by atoms with Gasteiger partial charge in [-0.15, -0.1) is 11.3 Å². The van der Waals surface area contributed by atoms with E-state index in [1.165, 1.54) is 0 Å². The molecule has 1 N–H and O–H groups in total. The molecule has 3 rings (SSSR count). The Morgan fingerprint density at radius 1 is 1.58 bits per heavy atom.